The number of methoxy groups -OCH3 is 1. The highest BCUT2D eigenvalue weighted by molar-refractivity contribution is 5.74. The summed E-state index contributed by atoms with van der Waals surface area (Å²) in [4.78, 5) is 11.0. The highest BCUT2D eigenvalue weighted by Crippen LogP contribution is 2.27. The fourth-order valence-corrected chi connectivity index (χ4v) is 1.59. The minimum atomic E-state index is -1.23. The molecule has 1 aromatic rings. The average molecular weight is 258 g/mol. The number of ether oxygens (including phenoxy) is 1. The van der Waals surface area contributed by atoms with Gasteiger partial charge in [0.1, 0.15) is 11.6 Å². The largest absolute Gasteiger partial charge is 0.481 e. The van der Waals surface area contributed by atoms with Crippen molar-refractivity contribution in [2.45, 2.75) is 26.9 Å². The number of halogens is 2. The molecule has 0 spiro atoms. The first kappa shape index (κ1) is 14.6. The Balaban J connectivity index is 3.15. The molecule has 0 saturated heterocycles. The van der Waals surface area contributed by atoms with Gasteiger partial charge in [0.05, 0.1) is 12.0 Å². The molecular formula is C13H16F2O3. The van der Waals surface area contributed by atoms with Crippen LogP contribution in [0.25, 0.3) is 0 Å². The van der Waals surface area contributed by atoms with Crippen LogP contribution in [0.15, 0.2) is 12.1 Å². The molecule has 3 nitrogen and oxygen atoms in total. The normalized spacial score (nSPS) is 11.6. The Labute approximate surface area is 104 Å². The van der Waals surface area contributed by atoms with Crippen molar-refractivity contribution < 1.29 is 23.4 Å². The van der Waals surface area contributed by atoms with E-state index in [4.69, 9.17) is 9.84 Å². The molecule has 0 aliphatic heterocycles. The van der Waals surface area contributed by atoms with Crippen LogP contribution in [0.5, 0.6) is 0 Å². The van der Waals surface area contributed by atoms with Gasteiger partial charge in [0.25, 0.3) is 0 Å². The van der Waals surface area contributed by atoms with Crippen LogP contribution >= 0.6 is 0 Å². The molecule has 18 heavy (non-hydrogen) atoms. The number of rotatable bonds is 5. The molecule has 0 fully saturated rings. The Morgan fingerprint density at radius 2 is 2.00 bits per heavy atom. The van der Waals surface area contributed by atoms with Crippen molar-refractivity contribution in [3.63, 3.8) is 0 Å². The summed E-state index contributed by atoms with van der Waals surface area (Å²) in [6.45, 7) is 2.88. The van der Waals surface area contributed by atoms with Gasteiger partial charge in [-0.25, -0.2) is 8.78 Å². The van der Waals surface area contributed by atoms with Gasteiger partial charge in [-0.3, -0.25) is 4.79 Å². The number of hydrogen-bond acceptors (Lipinski definition) is 2. The molecular weight excluding hydrogens is 242 g/mol. The quantitative estimate of drug-likeness (QED) is 0.883. The molecule has 0 aromatic heterocycles. The number of carboxylic acid groups (broad SMARTS) is 1. The molecule has 0 heterocycles. The first-order valence-corrected chi connectivity index (χ1v) is 5.47. The highest BCUT2D eigenvalue weighted by Gasteiger charge is 2.30. The maximum absolute atomic E-state index is 14.0. The third kappa shape index (κ3) is 3.04. The maximum atomic E-state index is 14.0. The topological polar surface area (TPSA) is 46.5 Å². The molecule has 1 rings (SSSR count). The van der Waals surface area contributed by atoms with Crippen molar-refractivity contribution in [2.75, 3.05) is 7.11 Å². The van der Waals surface area contributed by atoms with Gasteiger partial charge in [-0.15, -0.1) is 0 Å². The minimum Gasteiger partial charge on any atom is -0.481 e. The van der Waals surface area contributed by atoms with Crippen molar-refractivity contribution >= 4 is 5.97 Å². The first-order valence-electron chi connectivity index (χ1n) is 5.47. The molecule has 5 heteroatoms. The van der Waals surface area contributed by atoms with E-state index in [2.05, 4.69) is 0 Å². The van der Waals surface area contributed by atoms with Crippen molar-refractivity contribution in [2.24, 2.45) is 5.41 Å². The molecule has 1 N–H and O–H groups in total. The molecule has 0 saturated carbocycles. The van der Waals surface area contributed by atoms with Crippen LogP contribution < -0.4 is 0 Å². The Morgan fingerprint density at radius 3 is 2.50 bits per heavy atom. The summed E-state index contributed by atoms with van der Waals surface area (Å²) in [5.74, 6) is -2.56. The fraction of sp³-hybridized carbons (Fsp3) is 0.462. The van der Waals surface area contributed by atoms with Crippen LogP contribution in [0.3, 0.4) is 0 Å². The SMILES string of the molecule is COCc1ccc(F)c(CC(C)(C)C(=O)O)c1F. The molecule has 0 unspecified atom stereocenters. The van der Waals surface area contributed by atoms with E-state index in [1.807, 2.05) is 0 Å². The van der Waals surface area contributed by atoms with Crippen molar-refractivity contribution in [3.05, 3.63) is 34.9 Å². The number of carbonyl (C=O) groups is 1. The van der Waals surface area contributed by atoms with Gasteiger partial charge in [0.15, 0.2) is 0 Å². The predicted molar refractivity (Wildman–Crippen MR) is 62.2 cm³/mol. The van der Waals surface area contributed by atoms with E-state index in [-0.39, 0.29) is 24.2 Å². The summed E-state index contributed by atoms with van der Waals surface area (Å²) in [5.41, 5.74) is -1.22. The van der Waals surface area contributed by atoms with E-state index in [1.165, 1.54) is 27.0 Å². The summed E-state index contributed by atoms with van der Waals surface area (Å²) in [6, 6.07) is 2.43. The van der Waals surface area contributed by atoms with E-state index in [0.717, 1.165) is 6.07 Å². The van der Waals surface area contributed by atoms with E-state index in [1.54, 1.807) is 0 Å². The molecule has 1 aromatic carbocycles. The zero-order chi connectivity index (χ0) is 13.9. The van der Waals surface area contributed by atoms with Crippen LogP contribution in [0, 0.1) is 17.0 Å². The summed E-state index contributed by atoms with van der Waals surface area (Å²) >= 11 is 0. The predicted octanol–water partition coefficient (Wildman–Crippen LogP) is 2.76. The van der Waals surface area contributed by atoms with E-state index >= 15 is 0 Å². The van der Waals surface area contributed by atoms with Gasteiger partial charge in [0, 0.05) is 18.2 Å². The van der Waals surface area contributed by atoms with Crippen molar-refractivity contribution in [1.29, 1.82) is 0 Å². The summed E-state index contributed by atoms with van der Waals surface area (Å²) in [7, 11) is 1.41. The molecule has 0 bridgehead atoms. The number of carboxylic acids is 1. The smallest absolute Gasteiger partial charge is 0.309 e. The van der Waals surface area contributed by atoms with Gasteiger partial charge >= 0.3 is 5.97 Å². The molecule has 0 radical (unpaired) electrons. The lowest BCUT2D eigenvalue weighted by molar-refractivity contribution is -0.146. The van der Waals surface area contributed by atoms with Crippen LogP contribution in [0.1, 0.15) is 25.0 Å². The van der Waals surface area contributed by atoms with Gasteiger partial charge in [-0.1, -0.05) is 6.07 Å². The summed E-state index contributed by atoms with van der Waals surface area (Å²) in [5, 5.41) is 8.99. The Bertz CT molecular complexity index is 456. The van der Waals surface area contributed by atoms with Gasteiger partial charge in [-0.2, -0.15) is 0 Å². The monoisotopic (exact) mass is 258 g/mol. The third-order valence-corrected chi connectivity index (χ3v) is 2.76. The second-order valence-corrected chi connectivity index (χ2v) is 4.80. The molecule has 0 aliphatic rings. The summed E-state index contributed by atoms with van der Waals surface area (Å²) < 4.78 is 32.4. The van der Waals surface area contributed by atoms with Gasteiger partial charge in [0.2, 0.25) is 0 Å². The summed E-state index contributed by atoms with van der Waals surface area (Å²) in [6.07, 6.45) is -0.211. The van der Waals surface area contributed by atoms with Crippen LogP contribution in [0.4, 0.5) is 8.78 Å². The van der Waals surface area contributed by atoms with Crippen molar-refractivity contribution in [3.8, 4) is 0 Å². The molecule has 0 aliphatic carbocycles. The molecule has 0 amide bonds. The van der Waals surface area contributed by atoms with Crippen molar-refractivity contribution in [1.82, 2.24) is 0 Å². The lowest BCUT2D eigenvalue weighted by atomic mass is 9.85. The Hall–Kier alpha value is -1.49. The first-order chi connectivity index (χ1) is 8.29. The highest BCUT2D eigenvalue weighted by atomic mass is 19.1. The van der Waals surface area contributed by atoms with E-state index in [9.17, 15) is 13.6 Å². The Morgan fingerprint density at radius 1 is 1.39 bits per heavy atom. The van der Waals surface area contributed by atoms with Gasteiger partial charge < -0.3 is 9.84 Å². The van der Waals surface area contributed by atoms with E-state index < -0.39 is 23.0 Å². The number of benzene rings is 1. The average Bonchev–Trinajstić information content (AvgIpc) is 2.28. The molecule has 0 atom stereocenters. The lowest BCUT2D eigenvalue weighted by Crippen LogP contribution is -2.27. The zero-order valence-electron chi connectivity index (χ0n) is 10.6. The minimum absolute atomic E-state index is 0.0204. The second kappa shape index (κ2) is 5.44. The number of aliphatic carboxylic acids is 1. The molecule has 100 valence electrons. The van der Waals surface area contributed by atoms with Crippen LogP contribution in [-0.2, 0) is 22.6 Å². The zero-order valence-corrected chi connectivity index (χ0v) is 10.6. The van der Waals surface area contributed by atoms with Crippen LogP contribution in [-0.4, -0.2) is 18.2 Å². The fourth-order valence-electron chi connectivity index (χ4n) is 1.59. The van der Waals surface area contributed by atoms with E-state index in [0.29, 0.717) is 0 Å². The second-order valence-electron chi connectivity index (χ2n) is 4.80. The number of hydrogen-bond donors (Lipinski definition) is 1. The third-order valence-electron chi connectivity index (χ3n) is 2.76. The van der Waals surface area contributed by atoms with Gasteiger partial charge in [-0.05, 0) is 26.3 Å². The maximum Gasteiger partial charge on any atom is 0.309 e. The Kier molecular flexibility index (Phi) is 4.40. The van der Waals surface area contributed by atoms with Crippen LogP contribution in [0.2, 0.25) is 0 Å². The standard InChI is InChI=1S/C13H16F2O3/c1-13(2,12(16)17)6-9-10(14)5-4-8(7-18-3)11(9)15/h4-5H,6-7H2,1-3H3,(H,16,17). The lowest BCUT2D eigenvalue weighted by Gasteiger charge is -2.20.